The molecule has 5 atom stereocenters. The maximum Gasteiger partial charge on any atom is 0.264 e. The third-order valence-corrected chi connectivity index (χ3v) is 16.1. The van der Waals surface area contributed by atoms with E-state index in [0.29, 0.717) is 31.1 Å². The van der Waals surface area contributed by atoms with Crippen LogP contribution in [0.2, 0.25) is 23.7 Å². The first-order valence-electron chi connectivity index (χ1n) is 17.2. The number of fused-ring (bicyclic) bond motifs is 2. The van der Waals surface area contributed by atoms with Gasteiger partial charge in [-0.2, -0.15) is 0 Å². The molecule has 11 heteroatoms. The number of hydrogen-bond acceptors (Lipinski definition) is 6. The third-order valence-electron chi connectivity index (χ3n) is 11.5. The number of rotatable bonds is 9. The van der Waals surface area contributed by atoms with Gasteiger partial charge >= 0.3 is 0 Å². The van der Waals surface area contributed by atoms with Gasteiger partial charge in [0.1, 0.15) is 5.75 Å². The fourth-order valence-electron chi connectivity index (χ4n) is 8.84. The molecule has 4 aliphatic rings. The van der Waals surface area contributed by atoms with E-state index in [2.05, 4.69) is 32.2 Å². The van der Waals surface area contributed by atoms with E-state index in [9.17, 15) is 14.7 Å². The van der Waals surface area contributed by atoms with Crippen molar-refractivity contribution >= 4 is 54.0 Å². The lowest BCUT2D eigenvalue weighted by Gasteiger charge is -2.37. The lowest BCUT2D eigenvalue weighted by molar-refractivity contribution is -0.150. The molecule has 3 aromatic carbocycles. The van der Waals surface area contributed by atoms with Gasteiger partial charge in [-0.15, -0.1) is 0 Å². The number of aliphatic hydroxyl groups is 1. The average molecular weight is 702 g/mol. The van der Waals surface area contributed by atoms with E-state index in [0.717, 1.165) is 41.1 Å². The van der Waals surface area contributed by atoms with Crippen LogP contribution in [0.4, 0.5) is 11.4 Å². The molecule has 0 aromatic heterocycles. The van der Waals surface area contributed by atoms with Gasteiger partial charge in [-0.3, -0.25) is 14.4 Å². The molecule has 3 aromatic rings. The molecule has 3 saturated heterocycles. The summed E-state index contributed by atoms with van der Waals surface area (Å²) in [5.41, 5.74) is 1.81. The van der Waals surface area contributed by atoms with Crippen LogP contribution in [-0.2, 0) is 31.3 Å². The van der Waals surface area contributed by atoms with Gasteiger partial charge in [0.2, 0.25) is 11.8 Å². The summed E-state index contributed by atoms with van der Waals surface area (Å²) in [6.45, 7) is 8.27. The van der Waals surface area contributed by atoms with Gasteiger partial charge in [-0.1, -0.05) is 61.1 Å². The largest absolute Gasteiger partial charge is 0.497 e. The molecule has 3 amide bonds. The number of nitrogens with zero attached hydrogens (tertiary/aromatic N) is 3. The molecule has 4 aliphatic heterocycles. The van der Waals surface area contributed by atoms with E-state index in [-0.39, 0.29) is 48.3 Å². The second-order valence-electron chi connectivity index (χ2n) is 14.4. The van der Waals surface area contributed by atoms with E-state index in [1.165, 1.54) is 5.19 Å². The van der Waals surface area contributed by atoms with Crippen molar-refractivity contribution in [1.29, 1.82) is 0 Å². The number of amides is 3. The van der Waals surface area contributed by atoms with Gasteiger partial charge in [0.15, 0.2) is 5.60 Å². The van der Waals surface area contributed by atoms with Crippen molar-refractivity contribution in [2.75, 3.05) is 36.6 Å². The Bertz CT molecular complexity index is 1770. The Morgan fingerprint density at radius 2 is 1.80 bits per heavy atom. The molecule has 0 bridgehead atoms. The lowest BCUT2D eigenvalue weighted by atomic mass is 9.82. The maximum absolute atomic E-state index is 15.0. The molecule has 0 radical (unpaired) electrons. The second-order valence-corrected chi connectivity index (χ2v) is 19.6. The van der Waals surface area contributed by atoms with E-state index in [1.54, 1.807) is 27.9 Å². The Morgan fingerprint density at radius 3 is 2.43 bits per heavy atom. The topological polar surface area (TPSA) is 99.6 Å². The second kappa shape index (κ2) is 12.9. The summed E-state index contributed by atoms with van der Waals surface area (Å²) in [6, 6.07) is 21.3. The summed E-state index contributed by atoms with van der Waals surface area (Å²) < 4.78 is 12.6. The lowest BCUT2D eigenvalue weighted by Crippen LogP contribution is -2.52. The highest BCUT2D eigenvalue weighted by molar-refractivity contribution is 6.91. The SMILES string of the molecule is COc1ccc([Si](C)(C)[C@H]2[C@H](CC(=O)N3CCC[C@H]3CO)O[C@@]3(C(=O)N(Cc4ccc(N5CCC5=O)cc4)c4ccc(Cl)cc43)[C@@H]2C)cc1. The zero-order chi connectivity index (χ0) is 34.7. The van der Waals surface area contributed by atoms with Crippen LogP contribution in [0.15, 0.2) is 66.7 Å². The van der Waals surface area contributed by atoms with Crippen molar-refractivity contribution in [2.24, 2.45) is 5.92 Å². The van der Waals surface area contributed by atoms with Crippen LogP contribution in [0.25, 0.3) is 0 Å². The number of halogens is 1. The number of carbonyl (C=O) groups excluding carboxylic acids is 3. The van der Waals surface area contributed by atoms with Crippen molar-refractivity contribution in [3.8, 4) is 5.75 Å². The first kappa shape index (κ1) is 33.8. The Kier molecular flexibility index (Phi) is 8.88. The predicted octanol–water partition coefficient (Wildman–Crippen LogP) is 5.22. The number of likely N-dealkylation sites (tertiary alicyclic amines) is 1. The summed E-state index contributed by atoms with van der Waals surface area (Å²) >= 11 is 6.65. The average Bonchev–Trinajstić information content (AvgIpc) is 3.75. The molecular formula is C38H44ClN3O6Si. The summed E-state index contributed by atoms with van der Waals surface area (Å²) in [7, 11) is -0.803. The fraction of sp³-hybridized carbons (Fsp3) is 0.447. The minimum Gasteiger partial charge on any atom is -0.497 e. The van der Waals surface area contributed by atoms with Crippen LogP contribution in [0.5, 0.6) is 5.75 Å². The molecule has 0 aliphatic carbocycles. The van der Waals surface area contributed by atoms with Crippen molar-refractivity contribution in [3.63, 3.8) is 0 Å². The van der Waals surface area contributed by atoms with Gasteiger partial charge in [0.05, 0.1) is 52.6 Å². The standard InChI is InChI=1S/C38H44ClN3O6Si/c1-24-36(49(3,4)30-14-12-29(47-2)13-15-30)33(21-35(45)40-18-5-6-28(40)23-43)48-38(24)31-20-26(39)9-16-32(31)42(37(38)46)22-25-7-10-27(11-8-25)41-19-17-34(41)44/h7-16,20,24,28,33,36,43H,5-6,17-19,21-23H2,1-4H3/t24-,28+,33+,36-,38+/m1/s1. The first-order valence-corrected chi connectivity index (χ1v) is 20.7. The number of carbonyl (C=O) groups is 3. The number of hydrogen-bond donors (Lipinski definition) is 1. The monoisotopic (exact) mass is 701 g/mol. The van der Waals surface area contributed by atoms with Crippen molar-refractivity contribution in [2.45, 2.75) is 75.5 Å². The molecule has 3 fully saturated rings. The molecule has 9 nitrogen and oxygen atoms in total. The number of β-lactam (4-membered cyclic amide) rings is 1. The molecule has 4 heterocycles. The minimum atomic E-state index is -2.45. The Morgan fingerprint density at radius 1 is 1.06 bits per heavy atom. The third kappa shape index (κ3) is 5.57. The molecule has 49 heavy (non-hydrogen) atoms. The number of anilines is 2. The zero-order valence-electron chi connectivity index (χ0n) is 28.5. The molecule has 1 N–H and O–H groups in total. The number of methoxy groups -OCH3 is 1. The minimum absolute atomic E-state index is 0.0512. The number of ether oxygens (including phenoxy) is 2. The fourth-order valence-corrected chi connectivity index (χ4v) is 13.0. The molecule has 0 unspecified atom stereocenters. The number of benzene rings is 3. The summed E-state index contributed by atoms with van der Waals surface area (Å²) in [5.74, 6) is 0.392. The molecule has 7 rings (SSSR count). The normalized spacial score (nSPS) is 26.4. The van der Waals surface area contributed by atoms with Crippen LogP contribution in [-0.4, -0.2) is 74.8 Å². The maximum atomic E-state index is 15.0. The molecular weight excluding hydrogens is 658 g/mol. The van der Waals surface area contributed by atoms with Crippen LogP contribution in [0, 0.1) is 5.92 Å². The van der Waals surface area contributed by atoms with Crippen molar-refractivity contribution in [3.05, 3.63) is 82.9 Å². The van der Waals surface area contributed by atoms with Gasteiger partial charge < -0.3 is 29.3 Å². The van der Waals surface area contributed by atoms with Crippen LogP contribution in [0.1, 0.15) is 43.7 Å². The van der Waals surface area contributed by atoms with Crippen LogP contribution in [0.3, 0.4) is 0 Å². The predicted molar refractivity (Wildman–Crippen MR) is 192 cm³/mol. The first-order chi connectivity index (χ1) is 23.5. The van der Waals surface area contributed by atoms with Crippen molar-refractivity contribution in [1.82, 2.24) is 4.90 Å². The molecule has 258 valence electrons. The highest BCUT2D eigenvalue weighted by atomic mass is 35.5. The summed E-state index contributed by atoms with van der Waals surface area (Å²) in [6.07, 6.45) is 1.79. The Balaban J connectivity index is 1.27. The highest BCUT2D eigenvalue weighted by Gasteiger charge is 2.66. The van der Waals surface area contributed by atoms with Crippen LogP contribution >= 0.6 is 11.6 Å². The highest BCUT2D eigenvalue weighted by Crippen LogP contribution is 2.60. The van der Waals surface area contributed by atoms with Gasteiger partial charge in [0, 0.05) is 41.7 Å². The summed E-state index contributed by atoms with van der Waals surface area (Å²) in [4.78, 5) is 46.4. The zero-order valence-corrected chi connectivity index (χ0v) is 30.3. The van der Waals surface area contributed by atoms with Crippen molar-refractivity contribution < 1.29 is 29.0 Å². The van der Waals surface area contributed by atoms with E-state index >= 15 is 4.79 Å². The summed E-state index contributed by atoms with van der Waals surface area (Å²) in [5, 5.41) is 11.7. The van der Waals surface area contributed by atoms with Gasteiger partial charge in [-0.05, 0) is 66.4 Å². The van der Waals surface area contributed by atoms with Gasteiger partial charge in [-0.25, -0.2) is 0 Å². The van der Waals surface area contributed by atoms with Gasteiger partial charge in [0.25, 0.3) is 5.91 Å². The Labute approximate surface area is 293 Å². The number of aliphatic hydroxyl groups excluding tert-OH is 1. The molecule has 0 saturated carbocycles. The smallest absolute Gasteiger partial charge is 0.264 e. The quantitative estimate of drug-likeness (QED) is 0.243. The van der Waals surface area contributed by atoms with Crippen LogP contribution < -0.4 is 19.7 Å². The Hall–Kier alpha value is -3.70. The van der Waals surface area contributed by atoms with E-state index < -0.39 is 19.8 Å². The van der Waals surface area contributed by atoms with E-state index in [4.69, 9.17) is 21.1 Å². The molecule has 1 spiro atoms. The van der Waals surface area contributed by atoms with E-state index in [1.807, 2.05) is 48.5 Å².